The molecule has 0 bridgehead atoms. The lowest BCUT2D eigenvalue weighted by atomic mass is 10.2. The van der Waals surface area contributed by atoms with Crippen LogP contribution in [0, 0.1) is 0 Å². The fourth-order valence-corrected chi connectivity index (χ4v) is 3.65. The highest BCUT2D eigenvalue weighted by Gasteiger charge is 2.23. The molecule has 8 heteroatoms. The van der Waals surface area contributed by atoms with Gasteiger partial charge in [0.1, 0.15) is 6.54 Å². The summed E-state index contributed by atoms with van der Waals surface area (Å²) in [5, 5.41) is 4.96. The van der Waals surface area contributed by atoms with Crippen LogP contribution in [-0.2, 0) is 19.1 Å². The Hall–Kier alpha value is -2.74. The van der Waals surface area contributed by atoms with E-state index in [2.05, 4.69) is 10.3 Å². The molecule has 0 spiro atoms. The first-order valence-electron chi connectivity index (χ1n) is 9.32. The van der Waals surface area contributed by atoms with Crippen LogP contribution >= 0.6 is 11.3 Å². The van der Waals surface area contributed by atoms with Gasteiger partial charge in [0, 0.05) is 23.9 Å². The summed E-state index contributed by atoms with van der Waals surface area (Å²) in [6.45, 7) is 1.94. The molecule has 2 aromatic rings. The molecule has 148 valence electrons. The van der Waals surface area contributed by atoms with Crippen LogP contribution in [0.25, 0.3) is 11.3 Å². The van der Waals surface area contributed by atoms with E-state index in [1.54, 1.807) is 0 Å². The molecule has 28 heavy (non-hydrogen) atoms. The van der Waals surface area contributed by atoms with Crippen LogP contribution in [0.2, 0.25) is 0 Å². The molecule has 7 nitrogen and oxygen atoms in total. The Bertz CT molecular complexity index is 837. The van der Waals surface area contributed by atoms with Gasteiger partial charge in [0.2, 0.25) is 5.91 Å². The summed E-state index contributed by atoms with van der Waals surface area (Å²) in [6, 6.07) is 9.64. The fraction of sp³-hybridized carbons (Fsp3) is 0.400. The molecule has 3 rings (SSSR count). The number of hydrogen-bond donors (Lipinski definition) is 1. The van der Waals surface area contributed by atoms with Crippen molar-refractivity contribution < 1.29 is 19.1 Å². The van der Waals surface area contributed by atoms with E-state index in [9.17, 15) is 14.4 Å². The summed E-state index contributed by atoms with van der Waals surface area (Å²) in [5.74, 6) is -1.07. The highest BCUT2D eigenvalue weighted by atomic mass is 32.1. The smallest absolute Gasteiger partial charge is 0.326 e. The van der Waals surface area contributed by atoms with Crippen LogP contribution in [0.3, 0.4) is 0 Å². The van der Waals surface area contributed by atoms with Crippen LogP contribution in [0.1, 0.15) is 32.6 Å². The lowest BCUT2D eigenvalue weighted by molar-refractivity contribution is -0.156. The molecule has 2 amide bonds. The second-order valence-corrected chi connectivity index (χ2v) is 7.51. The van der Waals surface area contributed by atoms with Crippen LogP contribution in [-0.4, -0.2) is 46.9 Å². The number of esters is 1. The molecule has 1 N–H and O–H groups in total. The molecule has 0 aliphatic carbocycles. The van der Waals surface area contributed by atoms with Gasteiger partial charge in [-0.1, -0.05) is 36.8 Å². The zero-order valence-electron chi connectivity index (χ0n) is 15.7. The lowest BCUT2D eigenvalue weighted by Crippen LogP contribution is -2.38. The number of amides is 2. The maximum Gasteiger partial charge on any atom is 0.326 e. The standard InChI is InChI=1S/C20H23N3O4S/c1-14(27-18(25)12-23-11-7-3-6-10-17(23)24)19(26)22-20-21-16(13-28-20)15-8-4-2-5-9-15/h2,4-5,8-9,13-14H,3,6-7,10-12H2,1H3,(H,21,22,26). The van der Waals surface area contributed by atoms with Crippen molar-refractivity contribution in [1.82, 2.24) is 9.88 Å². The monoisotopic (exact) mass is 401 g/mol. The Kier molecular flexibility index (Phi) is 6.76. The Labute approximate surface area is 167 Å². The number of likely N-dealkylation sites (tertiary alicyclic amines) is 1. The third kappa shape index (κ3) is 5.39. The molecule has 1 aromatic carbocycles. The van der Waals surface area contributed by atoms with E-state index < -0.39 is 18.0 Å². The first-order chi connectivity index (χ1) is 13.5. The minimum Gasteiger partial charge on any atom is -0.451 e. The number of benzene rings is 1. The number of hydrogen-bond acceptors (Lipinski definition) is 6. The van der Waals surface area contributed by atoms with Gasteiger partial charge < -0.3 is 9.64 Å². The number of ether oxygens (including phenoxy) is 1. The van der Waals surface area contributed by atoms with E-state index in [4.69, 9.17) is 4.74 Å². The van der Waals surface area contributed by atoms with Crippen molar-refractivity contribution in [2.45, 2.75) is 38.7 Å². The van der Waals surface area contributed by atoms with Gasteiger partial charge in [-0.3, -0.25) is 19.7 Å². The van der Waals surface area contributed by atoms with Crippen molar-refractivity contribution in [3.05, 3.63) is 35.7 Å². The Morgan fingerprint density at radius 3 is 2.82 bits per heavy atom. The number of nitrogens with zero attached hydrogens (tertiary/aromatic N) is 2. The number of thiazole rings is 1. The number of nitrogens with one attached hydrogen (secondary N) is 1. The van der Waals surface area contributed by atoms with Crippen molar-refractivity contribution in [3.63, 3.8) is 0 Å². The van der Waals surface area contributed by atoms with Gasteiger partial charge in [-0.25, -0.2) is 4.98 Å². The average molecular weight is 401 g/mol. The first kappa shape index (κ1) is 20.0. The minimum atomic E-state index is -0.973. The minimum absolute atomic E-state index is 0.0391. The van der Waals surface area contributed by atoms with E-state index in [1.165, 1.54) is 23.2 Å². The zero-order valence-corrected chi connectivity index (χ0v) is 16.5. The fourth-order valence-electron chi connectivity index (χ4n) is 2.93. The third-order valence-electron chi connectivity index (χ3n) is 4.47. The van der Waals surface area contributed by atoms with Crippen LogP contribution in [0.5, 0.6) is 0 Å². The predicted octanol–water partition coefficient (Wildman–Crippen LogP) is 3.08. The number of anilines is 1. The highest BCUT2D eigenvalue weighted by molar-refractivity contribution is 7.14. The normalized spacial score (nSPS) is 15.6. The lowest BCUT2D eigenvalue weighted by Gasteiger charge is -2.20. The van der Waals surface area contributed by atoms with Gasteiger partial charge in [-0.2, -0.15) is 0 Å². The molecular formula is C20H23N3O4S. The summed E-state index contributed by atoms with van der Waals surface area (Å²) in [4.78, 5) is 42.3. The van der Waals surface area contributed by atoms with E-state index in [0.717, 1.165) is 30.5 Å². The number of rotatable bonds is 6. The summed E-state index contributed by atoms with van der Waals surface area (Å²) in [6.07, 6.45) is 2.19. The van der Waals surface area contributed by atoms with Gasteiger partial charge in [0.25, 0.3) is 5.91 Å². The van der Waals surface area contributed by atoms with Crippen molar-refractivity contribution in [3.8, 4) is 11.3 Å². The third-order valence-corrected chi connectivity index (χ3v) is 5.23. The summed E-state index contributed by atoms with van der Waals surface area (Å²) in [5.41, 5.74) is 1.73. The maximum atomic E-state index is 12.3. The average Bonchev–Trinajstić information content (AvgIpc) is 3.06. The quantitative estimate of drug-likeness (QED) is 0.752. The van der Waals surface area contributed by atoms with Gasteiger partial charge in [-0.05, 0) is 19.8 Å². The SMILES string of the molecule is CC(OC(=O)CN1CCCCCC1=O)C(=O)Nc1nc(-c2ccccc2)cs1. The van der Waals surface area contributed by atoms with Gasteiger partial charge >= 0.3 is 5.97 Å². The molecule has 1 fully saturated rings. The highest BCUT2D eigenvalue weighted by Crippen LogP contribution is 2.24. The summed E-state index contributed by atoms with van der Waals surface area (Å²) >= 11 is 1.30. The molecule has 1 aliphatic heterocycles. The van der Waals surface area contributed by atoms with Crippen LogP contribution < -0.4 is 5.32 Å². The van der Waals surface area contributed by atoms with E-state index in [0.29, 0.717) is 18.1 Å². The second kappa shape index (κ2) is 9.45. The predicted molar refractivity (Wildman–Crippen MR) is 107 cm³/mol. The molecule has 2 heterocycles. The van der Waals surface area contributed by atoms with E-state index in [-0.39, 0.29) is 12.5 Å². The molecule has 1 atom stereocenters. The first-order valence-corrected chi connectivity index (χ1v) is 10.2. The number of carbonyl (C=O) groups is 3. The van der Waals surface area contributed by atoms with Crippen LogP contribution in [0.15, 0.2) is 35.7 Å². The Balaban J connectivity index is 1.51. The summed E-state index contributed by atoms with van der Waals surface area (Å²) < 4.78 is 5.20. The largest absolute Gasteiger partial charge is 0.451 e. The van der Waals surface area contributed by atoms with E-state index >= 15 is 0 Å². The molecule has 0 radical (unpaired) electrons. The molecule has 1 unspecified atom stereocenters. The van der Waals surface area contributed by atoms with E-state index in [1.807, 2.05) is 35.7 Å². The molecule has 1 saturated heterocycles. The van der Waals surface area contributed by atoms with Gasteiger partial charge in [0.05, 0.1) is 5.69 Å². The van der Waals surface area contributed by atoms with Crippen molar-refractivity contribution >= 4 is 34.3 Å². The van der Waals surface area contributed by atoms with Crippen LogP contribution in [0.4, 0.5) is 5.13 Å². The number of aromatic nitrogens is 1. The zero-order chi connectivity index (χ0) is 19.9. The van der Waals surface area contributed by atoms with Crippen molar-refractivity contribution in [2.24, 2.45) is 0 Å². The van der Waals surface area contributed by atoms with Crippen molar-refractivity contribution in [2.75, 3.05) is 18.4 Å². The second-order valence-electron chi connectivity index (χ2n) is 6.65. The molecule has 0 saturated carbocycles. The topological polar surface area (TPSA) is 88.6 Å². The Morgan fingerprint density at radius 1 is 1.25 bits per heavy atom. The number of carbonyl (C=O) groups excluding carboxylic acids is 3. The van der Waals surface area contributed by atoms with Gasteiger partial charge in [-0.15, -0.1) is 11.3 Å². The van der Waals surface area contributed by atoms with Gasteiger partial charge in [0.15, 0.2) is 11.2 Å². The Morgan fingerprint density at radius 2 is 2.04 bits per heavy atom. The summed E-state index contributed by atoms with van der Waals surface area (Å²) in [7, 11) is 0. The molecular weight excluding hydrogens is 378 g/mol. The maximum absolute atomic E-state index is 12.3. The molecule has 1 aromatic heterocycles. The molecule has 1 aliphatic rings. The van der Waals surface area contributed by atoms with Crippen molar-refractivity contribution in [1.29, 1.82) is 0 Å².